The fraction of sp³-hybridized carbons (Fsp3) is 0.611. The molecule has 1 saturated heterocycles. The number of nitrogens with zero attached hydrogens (tertiary/aromatic N) is 1. The number of amides is 1. The van der Waals surface area contributed by atoms with Crippen LogP contribution in [0.1, 0.15) is 51.1 Å². The molecular weight excluding hydrogens is 296 g/mol. The van der Waals surface area contributed by atoms with E-state index in [1.54, 1.807) is 0 Å². The third-order valence-corrected chi connectivity index (χ3v) is 4.88. The Morgan fingerprint density at radius 3 is 2.55 bits per heavy atom. The molecule has 0 saturated carbocycles. The molecule has 1 fully saturated rings. The van der Waals surface area contributed by atoms with Gasteiger partial charge in [-0.25, -0.2) is 0 Å². The zero-order chi connectivity index (χ0) is 15.9. The van der Waals surface area contributed by atoms with E-state index in [2.05, 4.69) is 36.2 Å². The number of rotatable bonds is 6. The van der Waals surface area contributed by atoms with Crippen molar-refractivity contribution in [2.45, 2.75) is 45.6 Å². The summed E-state index contributed by atoms with van der Waals surface area (Å²) in [4.78, 5) is 14.6. The van der Waals surface area contributed by atoms with Crippen molar-refractivity contribution in [2.24, 2.45) is 5.92 Å². The van der Waals surface area contributed by atoms with E-state index in [0.717, 1.165) is 50.3 Å². The molecule has 3 nitrogen and oxygen atoms in total. The molecule has 1 atom stereocenters. The summed E-state index contributed by atoms with van der Waals surface area (Å²) < 4.78 is 0. The number of halogens is 1. The van der Waals surface area contributed by atoms with Crippen molar-refractivity contribution < 1.29 is 4.79 Å². The molecule has 122 valence electrons. The third-order valence-electron chi connectivity index (χ3n) is 4.63. The zero-order valence-corrected chi connectivity index (χ0v) is 14.4. The molecule has 1 aliphatic heterocycles. The highest BCUT2D eigenvalue weighted by molar-refractivity contribution is 6.30. The first kappa shape index (κ1) is 17.3. The van der Waals surface area contributed by atoms with Gasteiger partial charge in [0.15, 0.2) is 0 Å². The van der Waals surface area contributed by atoms with Gasteiger partial charge in [-0.05, 0) is 57.0 Å². The normalized spacial score (nSPS) is 18.1. The smallest absolute Gasteiger partial charge is 0.223 e. The van der Waals surface area contributed by atoms with Crippen LogP contribution in [0.15, 0.2) is 24.3 Å². The second-order valence-corrected chi connectivity index (χ2v) is 6.62. The SMILES string of the molecule is CCCCNC(=O)C1CCN(C(C)c2ccc(Cl)cc2)CC1. The molecule has 1 N–H and O–H groups in total. The van der Waals surface area contributed by atoms with Crippen LogP contribution in [0.25, 0.3) is 0 Å². The number of benzene rings is 1. The molecule has 1 heterocycles. The number of likely N-dealkylation sites (tertiary alicyclic amines) is 1. The second-order valence-electron chi connectivity index (χ2n) is 6.18. The van der Waals surface area contributed by atoms with Crippen LogP contribution < -0.4 is 5.32 Å². The van der Waals surface area contributed by atoms with Gasteiger partial charge in [0.05, 0.1) is 0 Å². The third kappa shape index (κ3) is 4.72. The van der Waals surface area contributed by atoms with Gasteiger partial charge in [0.1, 0.15) is 0 Å². The van der Waals surface area contributed by atoms with Crippen LogP contribution in [0.3, 0.4) is 0 Å². The van der Waals surface area contributed by atoms with E-state index in [1.165, 1.54) is 5.56 Å². The van der Waals surface area contributed by atoms with Gasteiger partial charge in [-0.3, -0.25) is 9.69 Å². The molecule has 2 rings (SSSR count). The molecule has 0 spiro atoms. The lowest BCUT2D eigenvalue weighted by atomic mass is 9.94. The first-order valence-corrected chi connectivity index (χ1v) is 8.76. The number of unbranched alkanes of at least 4 members (excludes halogenated alkanes) is 1. The van der Waals surface area contributed by atoms with Crippen LogP contribution in [0.2, 0.25) is 5.02 Å². The van der Waals surface area contributed by atoms with E-state index >= 15 is 0 Å². The summed E-state index contributed by atoms with van der Waals surface area (Å²) in [5, 5.41) is 3.84. The monoisotopic (exact) mass is 322 g/mol. The second kappa shape index (κ2) is 8.54. The summed E-state index contributed by atoms with van der Waals surface area (Å²) in [6, 6.07) is 8.46. The Balaban J connectivity index is 1.81. The van der Waals surface area contributed by atoms with Crippen molar-refractivity contribution in [3.8, 4) is 0 Å². The van der Waals surface area contributed by atoms with Gasteiger partial charge in [0, 0.05) is 23.5 Å². The highest BCUT2D eigenvalue weighted by Gasteiger charge is 2.27. The van der Waals surface area contributed by atoms with E-state index in [4.69, 9.17) is 11.6 Å². The fourth-order valence-corrected chi connectivity index (χ4v) is 3.16. The highest BCUT2D eigenvalue weighted by Crippen LogP contribution is 2.27. The lowest BCUT2D eigenvalue weighted by Crippen LogP contribution is -2.41. The van der Waals surface area contributed by atoms with Crippen LogP contribution >= 0.6 is 11.6 Å². The summed E-state index contributed by atoms with van der Waals surface area (Å²) in [7, 11) is 0. The fourth-order valence-electron chi connectivity index (χ4n) is 3.03. The van der Waals surface area contributed by atoms with E-state index in [-0.39, 0.29) is 11.8 Å². The molecule has 1 aromatic carbocycles. The lowest BCUT2D eigenvalue weighted by molar-refractivity contribution is -0.126. The minimum Gasteiger partial charge on any atom is -0.356 e. The molecule has 1 amide bonds. The average molecular weight is 323 g/mol. The van der Waals surface area contributed by atoms with E-state index in [9.17, 15) is 4.79 Å². The van der Waals surface area contributed by atoms with Gasteiger partial charge in [-0.1, -0.05) is 37.1 Å². The van der Waals surface area contributed by atoms with Crippen LogP contribution in [0, 0.1) is 5.92 Å². The Hall–Kier alpha value is -1.06. The minimum atomic E-state index is 0.186. The molecule has 4 heteroatoms. The number of hydrogen-bond acceptors (Lipinski definition) is 2. The summed E-state index contributed by atoms with van der Waals surface area (Å²) in [6.45, 7) is 7.15. The molecule has 0 aromatic heterocycles. The van der Waals surface area contributed by atoms with Crippen molar-refractivity contribution in [3.05, 3.63) is 34.9 Å². The molecule has 0 radical (unpaired) electrons. The Labute approximate surface area is 139 Å². The van der Waals surface area contributed by atoms with Crippen LogP contribution in [0.4, 0.5) is 0 Å². The maximum Gasteiger partial charge on any atom is 0.223 e. The zero-order valence-electron chi connectivity index (χ0n) is 13.6. The average Bonchev–Trinajstić information content (AvgIpc) is 2.55. The predicted molar refractivity (Wildman–Crippen MR) is 92.1 cm³/mol. The topological polar surface area (TPSA) is 32.3 Å². The highest BCUT2D eigenvalue weighted by atomic mass is 35.5. The number of carbonyl (C=O) groups is 1. The summed E-state index contributed by atoms with van der Waals surface area (Å²) in [5.74, 6) is 0.428. The Morgan fingerprint density at radius 1 is 1.32 bits per heavy atom. The van der Waals surface area contributed by atoms with E-state index < -0.39 is 0 Å². The van der Waals surface area contributed by atoms with Gasteiger partial charge in [-0.2, -0.15) is 0 Å². The molecule has 22 heavy (non-hydrogen) atoms. The first-order valence-electron chi connectivity index (χ1n) is 8.39. The van der Waals surface area contributed by atoms with Crippen molar-refractivity contribution >= 4 is 17.5 Å². The van der Waals surface area contributed by atoms with Gasteiger partial charge in [0.2, 0.25) is 5.91 Å². The molecule has 1 aromatic rings. The van der Waals surface area contributed by atoms with Crippen LogP contribution in [-0.2, 0) is 4.79 Å². The summed E-state index contributed by atoms with van der Waals surface area (Å²) in [5.41, 5.74) is 1.29. The van der Waals surface area contributed by atoms with Crippen molar-refractivity contribution in [3.63, 3.8) is 0 Å². The van der Waals surface area contributed by atoms with Gasteiger partial charge < -0.3 is 5.32 Å². The molecular formula is C18H27ClN2O. The van der Waals surface area contributed by atoms with Crippen molar-refractivity contribution in [2.75, 3.05) is 19.6 Å². The van der Waals surface area contributed by atoms with E-state index in [0.29, 0.717) is 6.04 Å². The quantitative estimate of drug-likeness (QED) is 0.802. The number of nitrogens with one attached hydrogen (secondary N) is 1. The van der Waals surface area contributed by atoms with Gasteiger partial charge >= 0.3 is 0 Å². The van der Waals surface area contributed by atoms with Crippen LogP contribution in [-0.4, -0.2) is 30.4 Å². The molecule has 1 aliphatic rings. The van der Waals surface area contributed by atoms with Crippen LogP contribution in [0.5, 0.6) is 0 Å². The maximum atomic E-state index is 12.1. The van der Waals surface area contributed by atoms with Crippen molar-refractivity contribution in [1.29, 1.82) is 0 Å². The Kier molecular flexibility index (Phi) is 6.71. The largest absolute Gasteiger partial charge is 0.356 e. The lowest BCUT2D eigenvalue weighted by Gasteiger charge is -2.35. The maximum absolute atomic E-state index is 12.1. The molecule has 0 bridgehead atoms. The van der Waals surface area contributed by atoms with E-state index in [1.807, 2.05) is 12.1 Å². The molecule has 0 aliphatic carbocycles. The standard InChI is InChI=1S/C18H27ClN2O/c1-3-4-11-20-18(22)16-9-12-21(13-10-16)14(2)15-5-7-17(19)8-6-15/h5-8,14,16H,3-4,9-13H2,1-2H3,(H,20,22). The Bertz CT molecular complexity index is 466. The van der Waals surface area contributed by atoms with Crippen molar-refractivity contribution in [1.82, 2.24) is 10.2 Å². The first-order chi connectivity index (χ1) is 10.6. The van der Waals surface area contributed by atoms with Gasteiger partial charge in [0.25, 0.3) is 0 Å². The number of piperidine rings is 1. The predicted octanol–water partition coefficient (Wildman–Crippen LogP) is 4.03. The number of hydrogen-bond donors (Lipinski definition) is 1. The Morgan fingerprint density at radius 2 is 1.95 bits per heavy atom. The summed E-state index contributed by atoms with van der Waals surface area (Å²) >= 11 is 5.95. The minimum absolute atomic E-state index is 0.186. The van der Waals surface area contributed by atoms with Gasteiger partial charge in [-0.15, -0.1) is 0 Å². The molecule has 1 unspecified atom stereocenters. The summed E-state index contributed by atoms with van der Waals surface area (Å²) in [6.07, 6.45) is 4.10. The number of carbonyl (C=O) groups excluding carboxylic acids is 1.